The third-order valence-corrected chi connectivity index (χ3v) is 8.09. The van der Waals surface area contributed by atoms with Crippen LogP contribution in [0.15, 0.2) is 60.7 Å². The standard InChI is InChI=1S/C40H46O2/c1-5-9-11-13-15-19-29-41-39-33(8-4)37-31(7-3)24-21-28-36(37)38(40(39)42-30-20-16-14-12-10-6-2)35-27-22-25-32-23-17-18-26-34(32)35/h3-4,17-18,21-28H,5-6,9-16,19-20,29-30H2,1-2H3. The number of unbranched alkanes of at least 4 members (excludes halogenated alkanes) is 10. The Morgan fingerprint density at radius 3 is 1.81 bits per heavy atom. The summed E-state index contributed by atoms with van der Waals surface area (Å²) in [6, 6.07) is 21.0. The summed E-state index contributed by atoms with van der Waals surface area (Å²) in [6.07, 6.45) is 26.6. The summed E-state index contributed by atoms with van der Waals surface area (Å²) in [5, 5.41) is 4.22. The molecule has 0 heterocycles. The molecule has 2 nitrogen and oxygen atoms in total. The topological polar surface area (TPSA) is 18.5 Å². The van der Waals surface area contributed by atoms with Crippen molar-refractivity contribution in [1.29, 1.82) is 0 Å². The number of hydrogen-bond donors (Lipinski definition) is 0. The zero-order valence-corrected chi connectivity index (χ0v) is 25.6. The largest absolute Gasteiger partial charge is 0.489 e. The molecule has 0 aliphatic rings. The highest BCUT2D eigenvalue weighted by molar-refractivity contribution is 6.12. The van der Waals surface area contributed by atoms with Gasteiger partial charge in [0.15, 0.2) is 11.5 Å². The molecule has 0 saturated carbocycles. The molecule has 0 fully saturated rings. The van der Waals surface area contributed by atoms with Crippen molar-refractivity contribution in [2.45, 2.75) is 90.9 Å². The van der Waals surface area contributed by atoms with Crippen molar-refractivity contribution in [2.75, 3.05) is 13.2 Å². The molecule has 0 spiro atoms. The Labute approximate surface area is 253 Å². The highest BCUT2D eigenvalue weighted by Crippen LogP contribution is 2.49. The molecule has 4 aromatic rings. The van der Waals surface area contributed by atoms with Crippen LogP contribution in [0, 0.1) is 24.7 Å². The smallest absolute Gasteiger partial charge is 0.178 e. The molecule has 0 aromatic heterocycles. The van der Waals surface area contributed by atoms with E-state index in [1.54, 1.807) is 0 Å². The third-order valence-electron chi connectivity index (χ3n) is 8.09. The second kappa shape index (κ2) is 16.5. The summed E-state index contributed by atoms with van der Waals surface area (Å²) in [5.74, 6) is 7.24. The van der Waals surface area contributed by atoms with Crippen molar-refractivity contribution >= 4 is 21.5 Å². The maximum Gasteiger partial charge on any atom is 0.178 e. The van der Waals surface area contributed by atoms with Crippen LogP contribution in [0.4, 0.5) is 0 Å². The quantitative estimate of drug-likeness (QED) is 0.0948. The summed E-state index contributed by atoms with van der Waals surface area (Å²) in [6.45, 7) is 5.70. The first-order chi connectivity index (χ1) is 20.7. The number of fused-ring (bicyclic) bond motifs is 2. The molecule has 42 heavy (non-hydrogen) atoms. The van der Waals surface area contributed by atoms with Gasteiger partial charge in [-0.3, -0.25) is 0 Å². The zero-order valence-electron chi connectivity index (χ0n) is 25.6. The fourth-order valence-electron chi connectivity index (χ4n) is 5.85. The van der Waals surface area contributed by atoms with Gasteiger partial charge in [-0.2, -0.15) is 0 Å². The van der Waals surface area contributed by atoms with E-state index >= 15 is 0 Å². The third kappa shape index (κ3) is 7.49. The Hall–Kier alpha value is -3.88. The predicted octanol–water partition coefficient (Wildman–Crippen LogP) is 11.1. The first-order valence-corrected chi connectivity index (χ1v) is 16.0. The van der Waals surface area contributed by atoms with Gasteiger partial charge in [0.2, 0.25) is 0 Å². The minimum Gasteiger partial charge on any atom is -0.489 e. The summed E-state index contributed by atoms with van der Waals surface area (Å²) in [5.41, 5.74) is 3.56. The monoisotopic (exact) mass is 558 g/mol. The first-order valence-electron chi connectivity index (χ1n) is 16.0. The van der Waals surface area contributed by atoms with E-state index in [1.165, 1.54) is 56.8 Å². The van der Waals surface area contributed by atoms with Crippen LogP contribution >= 0.6 is 0 Å². The van der Waals surface area contributed by atoms with Gasteiger partial charge in [0.25, 0.3) is 0 Å². The molecule has 4 aromatic carbocycles. The fourth-order valence-corrected chi connectivity index (χ4v) is 5.85. The maximum absolute atomic E-state index is 6.74. The van der Waals surface area contributed by atoms with Gasteiger partial charge in [-0.05, 0) is 40.6 Å². The van der Waals surface area contributed by atoms with Crippen LogP contribution in [-0.4, -0.2) is 13.2 Å². The van der Waals surface area contributed by atoms with Crippen LogP contribution in [0.25, 0.3) is 32.7 Å². The molecule has 0 N–H and O–H groups in total. The highest BCUT2D eigenvalue weighted by atomic mass is 16.5. The van der Waals surface area contributed by atoms with E-state index in [0.717, 1.165) is 64.3 Å². The van der Waals surface area contributed by atoms with Gasteiger partial charge in [-0.25, -0.2) is 0 Å². The average Bonchev–Trinajstić information content (AvgIpc) is 3.03. The van der Waals surface area contributed by atoms with Gasteiger partial charge in [-0.15, -0.1) is 12.8 Å². The maximum atomic E-state index is 6.74. The van der Waals surface area contributed by atoms with E-state index in [-0.39, 0.29) is 0 Å². The number of benzene rings is 4. The number of hydrogen-bond acceptors (Lipinski definition) is 2. The van der Waals surface area contributed by atoms with Crippen LogP contribution in [-0.2, 0) is 0 Å². The minimum atomic E-state index is 0.590. The molecule has 218 valence electrons. The number of rotatable bonds is 17. The normalized spacial score (nSPS) is 11.0. The lowest BCUT2D eigenvalue weighted by Crippen LogP contribution is -2.07. The molecule has 0 aliphatic heterocycles. The van der Waals surface area contributed by atoms with Gasteiger partial charge in [0.1, 0.15) is 0 Å². The van der Waals surface area contributed by atoms with Gasteiger partial charge in [-0.1, -0.05) is 144 Å². The van der Waals surface area contributed by atoms with Crippen LogP contribution in [0.1, 0.15) is 102 Å². The van der Waals surface area contributed by atoms with Crippen LogP contribution < -0.4 is 9.47 Å². The molecule has 2 heteroatoms. The van der Waals surface area contributed by atoms with Crippen molar-refractivity contribution in [3.8, 4) is 47.3 Å². The van der Waals surface area contributed by atoms with Crippen molar-refractivity contribution in [2.24, 2.45) is 0 Å². The number of terminal acetylenes is 2. The van der Waals surface area contributed by atoms with Crippen molar-refractivity contribution in [3.63, 3.8) is 0 Å². The molecule has 0 bridgehead atoms. The van der Waals surface area contributed by atoms with E-state index in [4.69, 9.17) is 22.3 Å². The Bertz CT molecular complexity index is 1530. The lowest BCUT2D eigenvalue weighted by molar-refractivity contribution is 0.259. The Morgan fingerprint density at radius 2 is 1.14 bits per heavy atom. The molecule has 0 saturated heterocycles. The molecule has 0 aliphatic carbocycles. The van der Waals surface area contributed by atoms with Crippen LogP contribution in [0.2, 0.25) is 0 Å². The predicted molar refractivity (Wildman–Crippen MR) is 181 cm³/mol. The Kier molecular flexibility index (Phi) is 12.2. The van der Waals surface area contributed by atoms with E-state index in [1.807, 2.05) is 12.1 Å². The fraction of sp³-hybridized carbons (Fsp3) is 0.400. The SMILES string of the molecule is C#Cc1cccc2c(-c3cccc4ccccc34)c(OCCCCCCCC)c(OCCCCCCCC)c(C#C)c12. The van der Waals surface area contributed by atoms with Gasteiger partial charge in [0.05, 0.1) is 18.8 Å². The van der Waals surface area contributed by atoms with E-state index in [0.29, 0.717) is 24.5 Å². The van der Waals surface area contributed by atoms with Crippen molar-refractivity contribution in [1.82, 2.24) is 0 Å². The summed E-state index contributed by atoms with van der Waals surface area (Å²) >= 11 is 0. The zero-order chi connectivity index (χ0) is 29.6. The van der Waals surface area contributed by atoms with Gasteiger partial charge in [0, 0.05) is 16.5 Å². The molecule has 0 atom stereocenters. The van der Waals surface area contributed by atoms with Gasteiger partial charge >= 0.3 is 0 Å². The summed E-state index contributed by atoms with van der Waals surface area (Å²) in [4.78, 5) is 0. The van der Waals surface area contributed by atoms with E-state index in [9.17, 15) is 0 Å². The highest BCUT2D eigenvalue weighted by Gasteiger charge is 2.25. The van der Waals surface area contributed by atoms with Crippen molar-refractivity contribution < 1.29 is 9.47 Å². The second-order valence-corrected chi connectivity index (χ2v) is 11.2. The molecular formula is C40H46O2. The van der Waals surface area contributed by atoms with Crippen LogP contribution in [0.5, 0.6) is 11.5 Å². The van der Waals surface area contributed by atoms with E-state index in [2.05, 4.69) is 74.2 Å². The molecule has 0 amide bonds. The summed E-state index contributed by atoms with van der Waals surface area (Å²) in [7, 11) is 0. The van der Waals surface area contributed by atoms with Crippen molar-refractivity contribution in [3.05, 3.63) is 71.8 Å². The summed E-state index contributed by atoms with van der Waals surface area (Å²) < 4.78 is 13.4. The van der Waals surface area contributed by atoms with Gasteiger partial charge < -0.3 is 9.47 Å². The molecule has 0 unspecified atom stereocenters. The lowest BCUT2D eigenvalue weighted by Gasteiger charge is -2.23. The first kappa shape index (κ1) is 31.1. The second-order valence-electron chi connectivity index (χ2n) is 11.2. The molecule has 0 radical (unpaired) electrons. The molecule has 4 rings (SSSR count). The number of ether oxygens (including phenoxy) is 2. The lowest BCUT2D eigenvalue weighted by atomic mass is 9.88. The Morgan fingerprint density at radius 1 is 0.571 bits per heavy atom. The minimum absolute atomic E-state index is 0.590. The average molecular weight is 559 g/mol. The Balaban J connectivity index is 1.83. The van der Waals surface area contributed by atoms with E-state index < -0.39 is 0 Å². The molecular weight excluding hydrogens is 512 g/mol. The van der Waals surface area contributed by atoms with Crippen LogP contribution in [0.3, 0.4) is 0 Å².